The van der Waals surface area contributed by atoms with Crippen molar-refractivity contribution in [2.24, 2.45) is 11.3 Å². The summed E-state index contributed by atoms with van der Waals surface area (Å²) in [6.45, 7) is 8.00. The normalized spacial score (nSPS) is 20.4. The van der Waals surface area contributed by atoms with Crippen LogP contribution in [0.5, 0.6) is 0 Å². The molecule has 0 bridgehead atoms. The van der Waals surface area contributed by atoms with Gasteiger partial charge < -0.3 is 5.32 Å². The fraction of sp³-hybridized carbons (Fsp3) is 0.667. The van der Waals surface area contributed by atoms with Crippen LogP contribution in [0.3, 0.4) is 0 Å². The Morgan fingerprint density at radius 2 is 1.86 bits per heavy atom. The van der Waals surface area contributed by atoms with Gasteiger partial charge in [-0.2, -0.15) is 0 Å². The smallest absolute Gasteiger partial charge is 0.0595 e. The van der Waals surface area contributed by atoms with Crippen LogP contribution in [0.15, 0.2) is 18.2 Å². The highest BCUT2D eigenvalue weighted by Gasteiger charge is 2.31. The van der Waals surface area contributed by atoms with Gasteiger partial charge in [0.2, 0.25) is 0 Å². The van der Waals surface area contributed by atoms with E-state index in [9.17, 15) is 0 Å². The molecule has 0 amide bonds. The molecule has 0 radical (unpaired) electrons. The molecule has 1 nitrogen and oxygen atoms in total. The maximum absolute atomic E-state index is 6.15. The third kappa shape index (κ3) is 4.87. The number of halogens is 2. The average Bonchev–Trinajstić information content (AvgIpc) is 2.42. The van der Waals surface area contributed by atoms with Gasteiger partial charge in [-0.05, 0) is 67.7 Å². The van der Waals surface area contributed by atoms with Crippen molar-refractivity contribution in [1.82, 2.24) is 5.32 Å². The summed E-state index contributed by atoms with van der Waals surface area (Å²) in [5.74, 6) is 0.771. The van der Waals surface area contributed by atoms with E-state index in [4.69, 9.17) is 23.2 Å². The topological polar surface area (TPSA) is 12.0 Å². The monoisotopic (exact) mass is 327 g/mol. The molecule has 1 aliphatic carbocycles. The molecule has 1 aromatic carbocycles. The fourth-order valence-corrected chi connectivity index (χ4v) is 3.73. The molecule has 21 heavy (non-hydrogen) atoms. The molecule has 1 saturated carbocycles. The van der Waals surface area contributed by atoms with E-state index in [1.54, 1.807) is 0 Å². The quantitative estimate of drug-likeness (QED) is 0.728. The summed E-state index contributed by atoms with van der Waals surface area (Å²) in [7, 11) is 0. The number of hydrogen-bond acceptors (Lipinski definition) is 1. The first-order valence-electron chi connectivity index (χ1n) is 8.08. The van der Waals surface area contributed by atoms with E-state index in [1.807, 2.05) is 12.1 Å². The standard InChI is InChI=1S/C18H27Cl2N/c1-4-21-17(14-7-9-18(2,3)10-8-14)12-13-5-6-15(19)16(20)11-13/h5-6,11,14,17,21H,4,7-10,12H2,1-3H3. The molecule has 1 fully saturated rings. The zero-order valence-electron chi connectivity index (χ0n) is 13.4. The molecule has 1 aliphatic rings. The highest BCUT2D eigenvalue weighted by molar-refractivity contribution is 6.42. The zero-order valence-corrected chi connectivity index (χ0v) is 14.9. The van der Waals surface area contributed by atoms with E-state index < -0.39 is 0 Å². The van der Waals surface area contributed by atoms with Crippen molar-refractivity contribution in [2.45, 2.75) is 58.9 Å². The van der Waals surface area contributed by atoms with Gasteiger partial charge in [-0.1, -0.05) is 50.0 Å². The molecule has 0 spiro atoms. The lowest BCUT2D eigenvalue weighted by Gasteiger charge is -2.38. The Labute approximate surface area is 139 Å². The van der Waals surface area contributed by atoms with E-state index in [1.165, 1.54) is 31.2 Å². The van der Waals surface area contributed by atoms with Gasteiger partial charge in [-0.25, -0.2) is 0 Å². The lowest BCUT2D eigenvalue weighted by atomic mass is 9.70. The Hall–Kier alpha value is -0.240. The Bertz CT molecular complexity index is 460. The van der Waals surface area contributed by atoms with E-state index in [-0.39, 0.29) is 0 Å². The highest BCUT2D eigenvalue weighted by atomic mass is 35.5. The third-order valence-electron chi connectivity index (χ3n) is 4.86. The van der Waals surface area contributed by atoms with Gasteiger partial charge >= 0.3 is 0 Å². The minimum absolute atomic E-state index is 0.525. The first kappa shape index (κ1) is 17.1. The lowest BCUT2D eigenvalue weighted by Crippen LogP contribution is -2.40. The van der Waals surface area contributed by atoms with Crippen molar-refractivity contribution in [1.29, 1.82) is 0 Å². The molecular weight excluding hydrogens is 301 g/mol. The molecule has 0 saturated heterocycles. The zero-order chi connectivity index (χ0) is 15.5. The molecule has 3 heteroatoms. The molecule has 0 heterocycles. The number of rotatable bonds is 5. The van der Waals surface area contributed by atoms with Gasteiger partial charge in [-0.3, -0.25) is 0 Å². The van der Waals surface area contributed by atoms with Crippen molar-refractivity contribution < 1.29 is 0 Å². The summed E-state index contributed by atoms with van der Waals surface area (Å²) >= 11 is 12.2. The Morgan fingerprint density at radius 1 is 1.19 bits per heavy atom. The van der Waals surface area contributed by atoms with Gasteiger partial charge in [0.05, 0.1) is 10.0 Å². The van der Waals surface area contributed by atoms with Crippen LogP contribution in [-0.4, -0.2) is 12.6 Å². The van der Waals surface area contributed by atoms with E-state index in [0.29, 0.717) is 21.5 Å². The van der Waals surface area contributed by atoms with Gasteiger partial charge in [-0.15, -0.1) is 0 Å². The molecule has 0 aromatic heterocycles. The van der Waals surface area contributed by atoms with Gasteiger partial charge in [0.15, 0.2) is 0 Å². The maximum atomic E-state index is 6.15. The van der Waals surface area contributed by atoms with Crippen molar-refractivity contribution >= 4 is 23.2 Å². The van der Waals surface area contributed by atoms with E-state index in [0.717, 1.165) is 18.9 Å². The summed E-state index contributed by atoms with van der Waals surface area (Å²) in [6.07, 6.45) is 6.36. The summed E-state index contributed by atoms with van der Waals surface area (Å²) in [6, 6.07) is 6.57. The fourth-order valence-electron chi connectivity index (χ4n) is 3.41. The first-order valence-corrected chi connectivity index (χ1v) is 8.84. The van der Waals surface area contributed by atoms with Crippen LogP contribution < -0.4 is 5.32 Å². The highest BCUT2D eigenvalue weighted by Crippen LogP contribution is 2.39. The minimum Gasteiger partial charge on any atom is -0.314 e. The first-order chi connectivity index (χ1) is 9.91. The van der Waals surface area contributed by atoms with Crippen molar-refractivity contribution in [3.63, 3.8) is 0 Å². The number of hydrogen-bond donors (Lipinski definition) is 1. The third-order valence-corrected chi connectivity index (χ3v) is 5.60. The number of benzene rings is 1. The van der Waals surface area contributed by atoms with Crippen molar-refractivity contribution in [2.75, 3.05) is 6.54 Å². The number of likely N-dealkylation sites (N-methyl/N-ethyl adjacent to an activating group) is 1. The molecule has 1 N–H and O–H groups in total. The predicted octanol–water partition coefficient (Wildman–Crippen LogP) is 5.73. The molecular formula is C18H27Cl2N. The minimum atomic E-state index is 0.525. The van der Waals surface area contributed by atoms with E-state index in [2.05, 4.69) is 32.2 Å². The summed E-state index contributed by atoms with van der Waals surface area (Å²) < 4.78 is 0. The second kappa shape index (κ2) is 7.35. The molecule has 2 rings (SSSR count). The van der Waals surface area contributed by atoms with Crippen LogP contribution in [0.25, 0.3) is 0 Å². The SMILES string of the molecule is CCNC(Cc1ccc(Cl)c(Cl)c1)C1CCC(C)(C)CC1. The Kier molecular flexibility index (Phi) is 5.99. The summed E-state index contributed by atoms with van der Waals surface area (Å²) in [5.41, 5.74) is 1.80. The Balaban J connectivity index is 2.03. The summed E-state index contributed by atoms with van der Waals surface area (Å²) in [4.78, 5) is 0. The van der Waals surface area contributed by atoms with Crippen LogP contribution >= 0.6 is 23.2 Å². The molecule has 1 atom stereocenters. The van der Waals surface area contributed by atoms with Crippen LogP contribution in [-0.2, 0) is 6.42 Å². The van der Waals surface area contributed by atoms with Gasteiger partial charge in [0.1, 0.15) is 0 Å². The largest absolute Gasteiger partial charge is 0.314 e. The molecule has 118 valence electrons. The predicted molar refractivity (Wildman–Crippen MR) is 93.4 cm³/mol. The van der Waals surface area contributed by atoms with Crippen molar-refractivity contribution in [3.05, 3.63) is 33.8 Å². The van der Waals surface area contributed by atoms with Crippen LogP contribution in [0.2, 0.25) is 10.0 Å². The Morgan fingerprint density at radius 3 is 2.43 bits per heavy atom. The van der Waals surface area contributed by atoms with Gasteiger partial charge in [0.25, 0.3) is 0 Å². The van der Waals surface area contributed by atoms with Crippen LogP contribution in [0.4, 0.5) is 0 Å². The van der Waals surface area contributed by atoms with Crippen LogP contribution in [0, 0.1) is 11.3 Å². The molecule has 1 unspecified atom stereocenters. The second-order valence-electron chi connectivity index (χ2n) is 7.12. The molecule has 0 aliphatic heterocycles. The van der Waals surface area contributed by atoms with Crippen LogP contribution in [0.1, 0.15) is 52.0 Å². The summed E-state index contributed by atoms with van der Waals surface area (Å²) in [5, 5.41) is 4.99. The second-order valence-corrected chi connectivity index (χ2v) is 7.93. The van der Waals surface area contributed by atoms with Gasteiger partial charge in [0, 0.05) is 6.04 Å². The molecule has 1 aromatic rings. The average molecular weight is 328 g/mol. The van der Waals surface area contributed by atoms with Crippen molar-refractivity contribution in [3.8, 4) is 0 Å². The van der Waals surface area contributed by atoms with E-state index >= 15 is 0 Å². The lowest BCUT2D eigenvalue weighted by molar-refractivity contribution is 0.161. The number of nitrogens with one attached hydrogen (secondary N) is 1. The maximum Gasteiger partial charge on any atom is 0.0595 e.